The fourth-order valence-electron chi connectivity index (χ4n) is 1.97. The van der Waals surface area contributed by atoms with Crippen LogP contribution in [0, 0.1) is 0 Å². The van der Waals surface area contributed by atoms with Crippen LogP contribution in [0.4, 0.5) is 0 Å². The van der Waals surface area contributed by atoms with E-state index in [0.717, 1.165) is 16.5 Å². The second-order valence-corrected chi connectivity index (χ2v) is 5.88. The molecule has 1 aromatic carbocycles. The molecule has 1 N–H and O–H groups in total. The quantitative estimate of drug-likeness (QED) is 0.817. The molecular weight excluding hydrogens is 332 g/mol. The average Bonchev–Trinajstić information content (AvgIpc) is 2.50. The highest BCUT2D eigenvalue weighted by atomic mass is 79.9. The van der Waals surface area contributed by atoms with Gasteiger partial charge in [-0.05, 0) is 31.0 Å². The first kappa shape index (κ1) is 17.7. The fourth-order valence-corrected chi connectivity index (χ4v) is 2.23. The van der Waals surface area contributed by atoms with Crippen molar-refractivity contribution in [2.75, 3.05) is 6.54 Å². The van der Waals surface area contributed by atoms with Crippen molar-refractivity contribution in [2.45, 2.75) is 46.2 Å². The smallest absolute Gasteiger partial charge is 0.242 e. The number of benzene rings is 1. The van der Waals surface area contributed by atoms with E-state index in [1.807, 2.05) is 38.1 Å². The summed E-state index contributed by atoms with van der Waals surface area (Å²) >= 11 is 3.39. The zero-order chi connectivity index (χ0) is 15.8. The minimum atomic E-state index is -0.465. The molecule has 4 nitrogen and oxygen atoms in total. The Labute approximate surface area is 135 Å². The molecule has 0 bridgehead atoms. The molecule has 0 aliphatic carbocycles. The number of rotatable bonds is 7. The van der Waals surface area contributed by atoms with E-state index >= 15 is 0 Å². The molecule has 1 aromatic rings. The molecule has 116 valence electrons. The number of hydrogen-bond donors (Lipinski definition) is 1. The molecule has 0 heterocycles. The molecule has 0 spiro atoms. The summed E-state index contributed by atoms with van der Waals surface area (Å²) in [6.07, 6.45) is 1.27. The van der Waals surface area contributed by atoms with Crippen LogP contribution in [-0.2, 0) is 16.1 Å². The van der Waals surface area contributed by atoms with Crippen molar-refractivity contribution < 1.29 is 9.59 Å². The molecule has 0 saturated carbocycles. The Morgan fingerprint density at radius 2 is 1.86 bits per heavy atom. The van der Waals surface area contributed by atoms with Gasteiger partial charge in [0.1, 0.15) is 6.04 Å². The van der Waals surface area contributed by atoms with Crippen LogP contribution in [0.2, 0.25) is 0 Å². The monoisotopic (exact) mass is 354 g/mol. The molecule has 0 radical (unpaired) electrons. The number of carbonyl (C=O) groups is 2. The van der Waals surface area contributed by atoms with Gasteiger partial charge in [0.05, 0.1) is 0 Å². The largest absolute Gasteiger partial charge is 0.354 e. The lowest BCUT2D eigenvalue weighted by molar-refractivity contribution is -0.140. The van der Waals surface area contributed by atoms with Gasteiger partial charge in [-0.1, -0.05) is 41.9 Å². The molecule has 0 aliphatic rings. The third-order valence-electron chi connectivity index (χ3n) is 3.29. The van der Waals surface area contributed by atoms with Crippen LogP contribution in [-0.4, -0.2) is 29.3 Å². The van der Waals surface area contributed by atoms with Crippen molar-refractivity contribution in [3.8, 4) is 0 Å². The number of hydrogen-bond acceptors (Lipinski definition) is 2. The third-order valence-corrected chi connectivity index (χ3v) is 3.81. The molecule has 21 heavy (non-hydrogen) atoms. The maximum absolute atomic E-state index is 12.1. The summed E-state index contributed by atoms with van der Waals surface area (Å²) in [5.41, 5.74) is 1.01. The number of halogens is 1. The Balaban J connectivity index is 2.82. The highest BCUT2D eigenvalue weighted by Gasteiger charge is 2.24. The molecule has 0 aromatic heterocycles. The summed E-state index contributed by atoms with van der Waals surface area (Å²) in [4.78, 5) is 25.9. The first-order chi connectivity index (χ1) is 9.99. The predicted octanol–water partition coefficient (Wildman–Crippen LogP) is 3.10. The summed E-state index contributed by atoms with van der Waals surface area (Å²) in [7, 11) is 0. The van der Waals surface area contributed by atoms with Gasteiger partial charge in [-0.3, -0.25) is 9.59 Å². The first-order valence-corrected chi connectivity index (χ1v) is 8.10. The maximum atomic E-state index is 12.1. The molecule has 1 unspecified atom stereocenters. The van der Waals surface area contributed by atoms with E-state index in [9.17, 15) is 9.59 Å². The lowest BCUT2D eigenvalue weighted by atomic mass is 10.1. The van der Waals surface area contributed by atoms with Gasteiger partial charge in [-0.2, -0.15) is 0 Å². The number of carbonyl (C=O) groups excluding carboxylic acids is 2. The second kappa shape index (κ2) is 8.82. The van der Waals surface area contributed by atoms with Gasteiger partial charge < -0.3 is 10.2 Å². The SMILES string of the molecule is CCCNC(=O)C(C)N(Cc1ccc(Br)cc1)C(=O)CC. The Morgan fingerprint density at radius 3 is 2.38 bits per heavy atom. The molecular formula is C16H23BrN2O2. The maximum Gasteiger partial charge on any atom is 0.242 e. The molecule has 0 fully saturated rings. The number of nitrogens with one attached hydrogen (secondary N) is 1. The number of amides is 2. The Morgan fingerprint density at radius 1 is 1.24 bits per heavy atom. The van der Waals surface area contributed by atoms with Crippen LogP contribution in [0.1, 0.15) is 39.2 Å². The lowest BCUT2D eigenvalue weighted by Gasteiger charge is -2.28. The van der Waals surface area contributed by atoms with Crippen LogP contribution >= 0.6 is 15.9 Å². The zero-order valence-electron chi connectivity index (χ0n) is 12.9. The van der Waals surface area contributed by atoms with Crippen LogP contribution in [0.5, 0.6) is 0 Å². The van der Waals surface area contributed by atoms with Gasteiger partial charge >= 0.3 is 0 Å². The summed E-state index contributed by atoms with van der Waals surface area (Å²) in [6.45, 7) is 6.67. The van der Waals surface area contributed by atoms with Gasteiger partial charge in [0.25, 0.3) is 0 Å². The second-order valence-electron chi connectivity index (χ2n) is 4.97. The van der Waals surface area contributed by atoms with Crippen molar-refractivity contribution in [3.63, 3.8) is 0 Å². The third kappa shape index (κ3) is 5.50. The Kier molecular flexibility index (Phi) is 7.43. The molecule has 2 amide bonds. The van der Waals surface area contributed by atoms with Gasteiger partial charge in [0.2, 0.25) is 11.8 Å². The van der Waals surface area contributed by atoms with Crippen molar-refractivity contribution >= 4 is 27.7 Å². The topological polar surface area (TPSA) is 49.4 Å². The van der Waals surface area contributed by atoms with Crippen molar-refractivity contribution in [3.05, 3.63) is 34.3 Å². The zero-order valence-corrected chi connectivity index (χ0v) is 14.4. The Bertz CT molecular complexity index is 474. The van der Waals surface area contributed by atoms with Crippen LogP contribution in [0.3, 0.4) is 0 Å². The van der Waals surface area contributed by atoms with E-state index in [1.165, 1.54) is 0 Å². The van der Waals surface area contributed by atoms with E-state index in [2.05, 4.69) is 21.2 Å². The molecule has 1 atom stereocenters. The minimum absolute atomic E-state index is 0.0166. The van der Waals surface area contributed by atoms with E-state index in [-0.39, 0.29) is 11.8 Å². The summed E-state index contributed by atoms with van der Waals surface area (Å²) in [5.74, 6) is -0.118. The number of nitrogens with zero attached hydrogens (tertiary/aromatic N) is 1. The highest BCUT2D eigenvalue weighted by molar-refractivity contribution is 9.10. The van der Waals surface area contributed by atoms with E-state index in [1.54, 1.807) is 11.8 Å². The fraction of sp³-hybridized carbons (Fsp3) is 0.500. The van der Waals surface area contributed by atoms with Crippen molar-refractivity contribution in [1.82, 2.24) is 10.2 Å². The van der Waals surface area contributed by atoms with E-state index < -0.39 is 6.04 Å². The molecule has 0 aliphatic heterocycles. The summed E-state index contributed by atoms with van der Waals surface area (Å²) in [6, 6.07) is 7.32. The van der Waals surface area contributed by atoms with Gasteiger partial charge in [-0.15, -0.1) is 0 Å². The molecule has 0 saturated heterocycles. The predicted molar refractivity (Wildman–Crippen MR) is 87.7 cm³/mol. The summed E-state index contributed by atoms with van der Waals surface area (Å²) in [5, 5.41) is 2.85. The normalized spacial score (nSPS) is 11.8. The lowest BCUT2D eigenvalue weighted by Crippen LogP contribution is -2.47. The highest BCUT2D eigenvalue weighted by Crippen LogP contribution is 2.14. The summed E-state index contributed by atoms with van der Waals surface area (Å²) < 4.78 is 0.994. The van der Waals surface area contributed by atoms with Gasteiger partial charge in [0, 0.05) is 24.0 Å². The van der Waals surface area contributed by atoms with Crippen molar-refractivity contribution in [2.24, 2.45) is 0 Å². The average molecular weight is 355 g/mol. The molecule has 5 heteroatoms. The molecule has 1 rings (SSSR count). The first-order valence-electron chi connectivity index (χ1n) is 7.31. The van der Waals surface area contributed by atoms with Gasteiger partial charge in [-0.25, -0.2) is 0 Å². The van der Waals surface area contributed by atoms with Gasteiger partial charge in [0.15, 0.2) is 0 Å². The van der Waals surface area contributed by atoms with Crippen LogP contribution in [0.15, 0.2) is 28.7 Å². The van der Waals surface area contributed by atoms with E-state index in [0.29, 0.717) is 19.5 Å². The Hall–Kier alpha value is -1.36. The minimum Gasteiger partial charge on any atom is -0.354 e. The van der Waals surface area contributed by atoms with Crippen LogP contribution < -0.4 is 5.32 Å². The standard InChI is InChI=1S/C16H23BrN2O2/c1-4-10-18-16(21)12(3)19(15(20)5-2)11-13-6-8-14(17)9-7-13/h6-9,12H,4-5,10-11H2,1-3H3,(H,18,21). The van der Waals surface area contributed by atoms with E-state index in [4.69, 9.17) is 0 Å². The van der Waals surface area contributed by atoms with Crippen molar-refractivity contribution in [1.29, 1.82) is 0 Å². The van der Waals surface area contributed by atoms with Crippen LogP contribution in [0.25, 0.3) is 0 Å².